The van der Waals surface area contributed by atoms with Gasteiger partial charge in [-0.25, -0.2) is 0 Å². The van der Waals surface area contributed by atoms with Crippen molar-refractivity contribution in [3.05, 3.63) is 29.8 Å². The highest BCUT2D eigenvalue weighted by atomic mass is 16.5. The first kappa shape index (κ1) is 17.8. The Labute approximate surface area is 140 Å². The molecule has 1 aromatic rings. The van der Waals surface area contributed by atoms with Gasteiger partial charge in [0.25, 0.3) is 0 Å². The van der Waals surface area contributed by atoms with Crippen LogP contribution in [0, 0.1) is 5.92 Å². The fraction of sp³-hybridized carbons (Fsp3) is 0.632. The van der Waals surface area contributed by atoms with Gasteiger partial charge in [-0.15, -0.1) is 0 Å². The van der Waals surface area contributed by atoms with Crippen LogP contribution in [0.5, 0.6) is 5.75 Å². The van der Waals surface area contributed by atoms with Crippen molar-refractivity contribution in [1.29, 1.82) is 0 Å². The summed E-state index contributed by atoms with van der Waals surface area (Å²) in [5.74, 6) is 1.36. The summed E-state index contributed by atoms with van der Waals surface area (Å²) < 4.78 is 5.20. The lowest BCUT2D eigenvalue weighted by Gasteiger charge is -2.35. The van der Waals surface area contributed by atoms with Gasteiger partial charge in [0.05, 0.1) is 7.11 Å². The average Bonchev–Trinajstić information content (AvgIpc) is 2.56. The zero-order valence-corrected chi connectivity index (χ0v) is 14.8. The van der Waals surface area contributed by atoms with Gasteiger partial charge >= 0.3 is 0 Å². The Balaban J connectivity index is 1.99. The third-order valence-corrected chi connectivity index (χ3v) is 4.82. The molecule has 1 amide bonds. The molecule has 1 N–H and O–H groups in total. The number of amides is 1. The fourth-order valence-corrected chi connectivity index (χ4v) is 3.49. The second-order valence-corrected chi connectivity index (χ2v) is 6.60. The van der Waals surface area contributed by atoms with Gasteiger partial charge in [-0.3, -0.25) is 4.79 Å². The first-order valence-electron chi connectivity index (χ1n) is 8.72. The molecule has 0 spiro atoms. The van der Waals surface area contributed by atoms with Crippen LogP contribution in [0.1, 0.15) is 39.2 Å². The Bertz CT molecular complexity index is 501. The van der Waals surface area contributed by atoms with Crippen LogP contribution in [-0.2, 0) is 11.2 Å². The van der Waals surface area contributed by atoms with Gasteiger partial charge in [-0.2, -0.15) is 0 Å². The maximum atomic E-state index is 12.9. The molecule has 1 saturated heterocycles. The van der Waals surface area contributed by atoms with Crippen LogP contribution in [-0.4, -0.2) is 43.1 Å². The number of likely N-dealkylation sites (N-methyl/N-ethyl adjacent to an activating group) is 1. The van der Waals surface area contributed by atoms with Gasteiger partial charge in [0, 0.05) is 24.5 Å². The van der Waals surface area contributed by atoms with Crippen molar-refractivity contribution in [2.75, 3.05) is 20.2 Å². The van der Waals surface area contributed by atoms with Gasteiger partial charge < -0.3 is 15.0 Å². The van der Waals surface area contributed by atoms with E-state index in [0.717, 1.165) is 38.1 Å². The van der Waals surface area contributed by atoms with E-state index in [4.69, 9.17) is 4.74 Å². The van der Waals surface area contributed by atoms with Crippen molar-refractivity contribution in [2.45, 2.75) is 52.1 Å². The number of carbonyl (C=O) groups excluding carboxylic acids is 1. The molecule has 1 aliphatic rings. The average molecular weight is 318 g/mol. The summed E-state index contributed by atoms with van der Waals surface area (Å²) in [6.07, 6.45) is 2.78. The van der Waals surface area contributed by atoms with Crippen molar-refractivity contribution >= 4 is 5.91 Å². The summed E-state index contributed by atoms with van der Waals surface area (Å²) >= 11 is 0. The molecule has 1 unspecified atom stereocenters. The second kappa shape index (κ2) is 8.34. The highest BCUT2D eigenvalue weighted by Gasteiger charge is 2.30. The molecule has 0 aromatic heterocycles. The van der Waals surface area contributed by atoms with Gasteiger partial charge in [0.1, 0.15) is 5.75 Å². The van der Waals surface area contributed by atoms with E-state index in [-0.39, 0.29) is 12.0 Å². The maximum Gasteiger partial charge on any atom is 0.226 e. The van der Waals surface area contributed by atoms with E-state index in [1.165, 1.54) is 5.56 Å². The van der Waals surface area contributed by atoms with Crippen molar-refractivity contribution in [2.24, 2.45) is 5.92 Å². The molecule has 4 nitrogen and oxygen atoms in total. The molecule has 3 atom stereocenters. The molecule has 0 aliphatic carbocycles. The molecule has 0 saturated carbocycles. The van der Waals surface area contributed by atoms with Crippen LogP contribution in [0.3, 0.4) is 0 Å². The van der Waals surface area contributed by atoms with Gasteiger partial charge in [-0.1, -0.05) is 12.1 Å². The number of ether oxygens (including phenoxy) is 1. The number of benzene rings is 1. The number of rotatable bonds is 6. The fourth-order valence-electron chi connectivity index (χ4n) is 3.49. The van der Waals surface area contributed by atoms with E-state index in [1.54, 1.807) is 7.11 Å². The minimum absolute atomic E-state index is 0.171. The number of nitrogens with zero attached hydrogens (tertiary/aromatic N) is 1. The summed E-state index contributed by atoms with van der Waals surface area (Å²) in [5.41, 5.74) is 1.24. The Hall–Kier alpha value is -1.55. The quantitative estimate of drug-likeness (QED) is 0.877. The maximum absolute atomic E-state index is 12.9. The lowest BCUT2D eigenvalue weighted by Crippen LogP contribution is -2.47. The Morgan fingerprint density at radius 1 is 1.39 bits per heavy atom. The largest absolute Gasteiger partial charge is 0.497 e. The Morgan fingerprint density at radius 3 is 2.65 bits per heavy atom. The predicted molar refractivity (Wildman–Crippen MR) is 93.7 cm³/mol. The molecule has 1 heterocycles. The number of hydrogen-bond acceptors (Lipinski definition) is 3. The third-order valence-electron chi connectivity index (χ3n) is 4.82. The molecule has 128 valence electrons. The number of piperidine rings is 1. The highest BCUT2D eigenvalue weighted by molar-refractivity contribution is 5.79. The van der Waals surface area contributed by atoms with E-state index in [2.05, 4.69) is 38.2 Å². The second-order valence-electron chi connectivity index (χ2n) is 6.60. The third kappa shape index (κ3) is 4.71. The van der Waals surface area contributed by atoms with E-state index in [9.17, 15) is 4.79 Å². The molecule has 0 radical (unpaired) electrons. The van der Waals surface area contributed by atoms with Crippen LogP contribution in [0.4, 0.5) is 0 Å². The molecule has 1 aromatic carbocycles. The van der Waals surface area contributed by atoms with Crippen molar-refractivity contribution in [1.82, 2.24) is 10.2 Å². The van der Waals surface area contributed by atoms with Crippen LogP contribution < -0.4 is 10.1 Å². The first-order valence-corrected chi connectivity index (χ1v) is 8.72. The zero-order chi connectivity index (χ0) is 16.8. The van der Waals surface area contributed by atoms with Crippen LogP contribution >= 0.6 is 0 Å². The lowest BCUT2D eigenvalue weighted by atomic mass is 9.91. The topological polar surface area (TPSA) is 41.6 Å². The van der Waals surface area contributed by atoms with E-state index < -0.39 is 0 Å². The molecule has 1 aliphatic heterocycles. The lowest BCUT2D eigenvalue weighted by molar-refractivity contribution is -0.138. The number of nitrogens with one attached hydrogen (secondary N) is 1. The van der Waals surface area contributed by atoms with Gasteiger partial charge in [-0.05, 0) is 64.3 Å². The number of carbonyl (C=O) groups is 1. The van der Waals surface area contributed by atoms with Crippen LogP contribution in [0.15, 0.2) is 24.3 Å². The van der Waals surface area contributed by atoms with Crippen molar-refractivity contribution in [3.63, 3.8) is 0 Å². The number of hydrogen-bond donors (Lipinski definition) is 1. The normalized spacial score (nSPS) is 22.4. The van der Waals surface area contributed by atoms with Crippen molar-refractivity contribution in [3.8, 4) is 5.75 Å². The SMILES string of the molecule is CCN(C(=O)[C@H]1CCN[C@@H](C)C1)C(C)Cc1ccc(OC)cc1. The molecular formula is C19H30N2O2. The Morgan fingerprint density at radius 2 is 2.09 bits per heavy atom. The molecule has 2 rings (SSSR count). The minimum atomic E-state index is 0.171. The predicted octanol–water partition coefficient (Wildman–Crippen LogP) is 2.86. The monoisotopic (exact) mass is 318 g/mol. The zero-order valence-electron chi connectivity index (χ0n) is 14.8. The molecular weight excluding hydrogens is 288 g/mol. The highest BCUT2D eigenvalue weighted by Crippen LogP contribution is 2.21. The molecule has 0 bridgehead atoms. The minimum Gasteiger partial charge on any atom is -0.497 e. The molecule has 23 heavy (non-hydrogen) atoms. The smallest absolute Gasteiger partial charge is 0.226 e. The standard InChI is InChI=1S/C19H30N2O2/c1-5-21(19(22)17-10-11-20-14(2)12-17)15(3)13-16-6-8-18(23-4)9-7-16/h6-9,14-15,17,20H,5,10-13H2,1-4H3/t14-,15?,17-/m0/s1. The van der Waals surface area contributed by atoms with Gasteiger partial charge in [0.2, 0.25) is 5.91 Å². The molecule has 1 fully saturated rings. The summed E-state index contributed by atoms with van der Waals surface area (Å²) in [4.78, 5) is 14.9. The van der Waals surface area contributed by atoms with Crippen LogP contribution in [0.2, 0.25) is 0 Å². The first-order chi connectivity index (χ1) is 11.0. The summed E-state index contributed by atoms with van der Waals surface area (Å²) in [7, 11) is 1.68. The van der Waals surface area contributed by atoms with Crippen LogP contribution in [0.25, 0.3) is 0 Å². The summed E-state index contributed by atoms with van der Waals surface area (Å²) in [5, 5.41) is 3.42. The Kier molecular flexibility index (Phi) is 6.46. The molecule has 4 heteroatoms. The summed E-state index contributed by atoms with van der Waals surface area (Å²) in [6.45, 7) is 8.11. The van der Waals surface area contributed by atoms with Gasteiger partial charge in [0.15, 0.2) is 0 Å². The van der Waals surface area contributed by atoms with E-state index in [1.807, 2.05) is 17.0 Å². The number of methoxy groups -OCH3 is 1. The van der Waals surface area contributed by atoms with Crippen molar-refractivity contribution < 1.29 is 9.53 Å². The summed E-state index contributed by atoms with van der Waals surface area (Å²) in [6, 6.07) is 8.78. The van der Waals surface area contributed by atoms with E-state index >= 15 is 0 Å². The van der Waals surface area contributed by atoms with E-state index in [0.29, 0.717) is 11.9 Å².